The molecule has 3 heteroatoms. The standard InChI is InChI=1S/C8H8N2S/c1-6-3-4-10-8(11-2)7(6)5-9/h3-4H,1-2H3. The van der Waals surface area contributed by atoms with Gasteiger partial charge in [-0.1, -0.05) is 0 Å². The molecule has 0 saturated carbocycles. The van der Waals surface area contributed by atoms with Gasteiger partial charge in [0.25, 0.3) is 0 Å². The molecular formula is C8H8N2S. The van der Waals surface area contributed by atoms with Crippen molar-refractivity contribution in [1.29, 1.82) is 5.26 Å². The molecule has 2 nitrogen and oxygen atoms in total. The molecule has 0 aromatic carbocycles. The normalized spacial score (nSPS) is 9.18. The molecule has 0 unspecified atom stereocenters. The van der Waals surface area contributed by atoms with Crippen molar-refractivity contribution in [1.82, 2.24) is 4.98 Å². The lowest BCUT2D eigenvalue weighted by Crippen LogP contribution is -1.88. The predicted molar refractivity (Wildman–Crippen MR) is 45.5 cm³/mol. The molecule has 0 radical (unpaired) electrons. The number of rotatable bonds is 1. The number of nitrogens with zero attached hydrogens (tertiary/aromatic N) is 2. The molecule has 0 aliphatic rings. The Labute approximate surface area is 70.3 Å². The Morgan fingerprint density at radius 3 is 2.82 bits per heavy atom. The van der Waals surface area contributed by atoms with Gasteiger partial charge in [0.15, 0.2) is 0 Å². The zero-order chi connectivity index (χ0) is 8.27. The van der Waals surface area contributed by atoms with Crippen LogP contribution in [-0.2, 0) is 0 Å². The first kappa shape index (κ1) is 8.09. The van der Waals surface area contributed by atoms with Crippen LogP contribution < -0.4 is 0 Å². The number of aromatic nitrogens is 1. The van der Waals surface area contributed by atoms with Gasteiger partial charge in [0.2, 0.25) is 0 Å². The Hall–Kier alpha value is -1.01. The molecular weight excluding hydrogens is 156 g/mol. The summed E-state index contributed by atoms with van der Waals surface area (Å²) in [6, 6.07) is 3.98. The molecule has 0 amide bonds. The number of hydrogen-bond acceptors (Lipinski definition) is 3. The Bertz CT molecular complexity index is 301. The van der Waals surface area contributed by atoms with E-state index in [0.29, 0.717) is 5.56 Å². The van der Waals surface area contributed by atoms with Crippen molar-refractivity contribution in [3.05, 3.63) is 23.4 Å². The third-order valence-corrected chi connectivity index (χ3v) is 2.13. The maximum atomic E-state index is 8.73. The van der Waals surface area contributed by atoms with Crippen LogP contribution >= 0.6 is 11.8 Å². The lowest BCUT2D eigenvalue weighted by molar-refractivity contribution is 1.09. The molecule has 1 heterocycles. The molecule has 0 fully saturated rings. The van der Waals surface area contributed by atoms with Crippen molar-refractivity contribution in [3.63, 3.8) is 0 Å². The molecule has 0 N–H and O–H groups in total. The quantitative estimate of drug-likeness (QED) is 0.595. The number of thioether (sulfide) groups is 1. The van der Waals surface area contributed by atoms with Gasteiger partial charge in [-0.2, -0.15) is 5.26 Å². The summed E-state index contributed by atoms with van der Waals surface area (Å²) in [6.45, 7) is 1.92. The molecule has 56 valence electrons. The van der Waals surface area contributed by atoms with E-state index in [1.165, 1.54) is 11.8 Å². The van der Waals surface area contributed by atoms with E-state index in [1.54, 1.807) is 6.20 Å². The van der Waals surface area contributed by atoms with Crippen molar-refractivity contribution >= 4 is 11.8 Å². The lowest BCUT2D eigenvalue weighted by Gasteiger charge is -1.99. The highest BCUT2D eigenvalue weighted by atomic mass is 32.2. The van der Waals surface area contributed by atoms with E-state index in [4.69, 9.17) is 5.26 Å². The van der Waals surface area contributed by atoms with E-state index in [2.05, 4.69) is 11.1 Å². The maximum absolute atomic E-state index is 8.73. The van der Waals surface area contributed by atoms with Crippen molar-refractivity contribution in [2.24, 2.45) is 0 Å². The largest absolute Gasteiger partial charge is 0.249 e. The molecule has 0 aliphatic heterocycles. The number of pyridine rings is 1. The van der Waals surface area contributed by atoms with Gasteiger partial charge in [0.1, 0.15) is 11.1 Å². The van der Waals surface area contributed by atoms with E-state index in [1.807, 2.05) is 19.2 Å². The second kappa shape index (κ2) is 3.40. The summed E-state index contributed by atoms with van der Waals surface area (Å²) < 4.78 is 0. The van der Waals surface area contributed by atoms with Crippen LogP contribution in [0.15, 0.2) is 17.3 Å². The van der Waals surface area contributed by atoms with E-state index >= 15 is 0 Å². The van der Waals surface area contributed by atoms with Gasteiger partial charge < -0.3 is 0 Å². The molecule has 11 heavy (non-hydrogen) atoms. The minimum absolute atomic E-state index is 0.694. The zero-order valence-corrected chi connectivity index (χ0v) is 7.27. The summed E-state index contributed by atoms with van der Waals surface area (Å²) in [6.07, 6.45) is 3.64. The summed E-state index contributed by atoms with van der Waals surface area (Å²) in [5.74, 6) is 0. The van der Waals surface area contributed by atoms with Crippen LogP contribution in [0, 0.1) is 18.3 Å². The molecule has 1 rings (SSSR count). The Morgan fingerprint density at radius 2 is 2.36 bits per heavy atom. The van der Waals surface area contributed by atoms with Crippen molar-refractivity contribution in [3.8, 4) is 6.07 Å². The van der Waals surface area contributed by atoms with Crippen molar-refractivity contribution in [2.75, 3.05) is 6.26 Å². The monoisotopic (exact) mass is 164 g/mol. The minimum Gasteiger partial charge on any atom is -0.249 e. The second-order valence-electron chi connectivity index (χ2n) is 2.12. The average Bonchev–Trinajstić information content (AvgIpc) is 2.04. The molecule has 0 spiro atoms. The van der Waals surface area contributed by atoms with Gasteiger partial charge in [-0.15, -0.1) is 11.8 Å². The maximum Gasteiger partial charge on any atom is 0.114 e. The van der Waals surface area contributed by atoms with Crippen LogP contribution in [0.25, 0.3) is 0 Å². The van der Waals surface area contributed by atoms with Crippen molar-refractivity contribution in [2.45, 2.75) is 11.9 Å². The first-order chi connectivity index (χ1) is 5.29. The van der Waals surface area contributed by atoms with Crippen LogP contribution in [-0.4, -0.2) is 11.2 Å². The molecule has 0 atom stereocenters. The van der Waals surface area contributed by atoms with Crippen LogP contribution in [0.5, 0.6) is 0 Å². The highest BCUT2D eigenvalue weighted by Crippen LogP contribution is 2.18. The topological polar surface area (TPSA) is 36.7 Å². The Morgan fingerprint density at radius 1 is 1.64 bits per heavy atom. The number of hydrogen-bond donors (Lipinski definition) is 0. The van der Waals surface area contributed by atoms with Gasteiger partial charge in [-0.3, -0.25) is 0 Å². The molecule has 1 aromatic heterocycles. The zero-order valence-electron chi connectivity index (χ0n) is 6.46. The van der Waals surface area contributed by atoms with Crippen LogP contribution in [0.1, 0.15) is 11.1 Å². The molecule has 0 bridgehead atoms. The first-order valence-corrected chi connectivity index (χ1v) is 4.41. The highest BCUT2D eigenvalue weighted by Gasteiger charge is 2.03. The first-order valence-electron chi connectivity index (χ1n) is 3.19. The van der Waals surface area contributed by atoms with Crippen molar-refractivity contribution < 1.29 is 0 Å². The number of aryl methyl sites for hydroxylation is 1. The third kappa shape index (κ3) is 1.52. The van der Waals surface area contributed by atoms with E-state index < -0.39 is 0 Å². The summed E-state index contributed by atoms with van der Waals surface area (Å²) >= 11 is 1.50. The molecule has 0 saturated heterocycles. The van der Waals surface area contributed by atoms with Crippen LogP contribution in [0.4, 0.5) is 0 Å². The summed E-state index contributed by atoms with van der Waals surface area (Å²) in [5, 5.41) is 9.54. The van der Waals surface area contributed by atoms with Gasteiger partial charge in [-0.05, 0) is 24.8 Å². The van der Waals surface area contributed by atoms with E-state index in [-0.39, 0.29) is 0 Å². The summed E-state index contributed by atoms with van der Waals surface area (Å²) in [5.41, 5.74) is 1.69. The molecule has 1 aromatic rings. The summed E-state index contributed by atoms with van der Waals surface area (Å²) in [4.78, 5) is 4.07. The second-order valence-corrected chi connectivity index (χ2v) is 2.92. The predicted octanol–water partition coefficient (Wildman–Crippen LogP) is 1.98. The molecule has 0 aliphatic carbocycles. The van der Waals surface area contributed by atoms with Gasteiger partial charge >= 0.3 is 0 Å². The van der Waals surface area contributed by atoms with E-state index in [9.17, 15) is 0 Å². The Kier molecular flexibility index (Phi) is 2.50. The summed E-state index contributed by atoms with van der Waals surface area (Å²) in [7, 11) is 0. The highest BCUT2D eigenvalue weighted by molar-refractivity contribution is 7.98. The fourth-order valence-corrected chi connectivity index (χ4v) is 1.40. The fourth-order valence-electron chi connectivity index (χ4n) is 0.824. The van der Waals surface area contributed by atoms with E-state index in [0.717, 1.165) is 10.6 Å². The van der Waals surface area contributed by atoms with Gasteiger partial charge in [-0.25, -0.2) is 4.98 Å². The average molecular weight is 164 g/mol. The van der Waals surface area contributed by atoms with Crippen LogP contribution in [0.3, 0.4) is 0 Å². The fraction of sp³-hybridized carbons (Fsp3) is 0.250. The lowest BCUT2D eigenvalue weighted by atomic mass is 10.2. The minimum atomic E-state index is 0.694. The third-order valence-electron chi connectivity index (χ3n) is 1.43. The smallest absolute Gasteiger partial charge is 0.114 e. The number of nitriles is 1. The Balaban J connectivity index is 3.27. The van der Waals surface area contributed by atoms with Gasteiger partial charge in [0.05, 0.1) is 5.56 Å². The van der Waals surface area contributed by atoms with Gasteiger partial charge in [0, 0.05) is 6.20 Å². The SMILES string of the molecule is CSc1nccc(C)c1C#N. The van der Waals surface area contributed by atoms with Crippen LogP contribution in [0.2, 0.25) is 0 Å².